The molecule has 0 bridgehead atoms. The van der Waals surface area contributed by atoms with Gasteiger partial charge in [0, 0.05) is 0 Å². The van der Waals surface area contributed by atoms with Crippen LogP contribution in [-0.4, -0.2) is 30.5 Å². The van der Waals surface area contributed by atoms with E-state index >= 15 is 0 Å². The Morgan fingerprint density at radius 1 is 1.30 bits per heavy atom. The van der Waals surface area contributed by atoms with Crippen LogP contribution in [0.1, 0.15) is 19.4 Å². The minimum Gasteiger partial charge on any atom is -0.464 e. The molecule has 0 heterocycles. The van der Waals surface area contributed by atoms with E-state index in [4.69, 9.17) is 0 Å². The van der Waals surface area contributed by atoms with Gasteiger partial charge in [-0.2, -0.15) is 8.78 Å². The van der Waals surface area contributed by atoms with Crippen LogP contribution in [0.15, 0.2) is 24.3 Å². The van der Waals surface area contributed by atoms with Gasteiger partial charge in [0.2, 0.25) is 6.17 Å². The summed E-state index contributed by atoms with van der Waals surface area (Å²) in [6.45, 7) is -0.390. The second-order valence-corrected chi connectivity index (χ2v) is 4.17. The zero-order valence-corrected chi connectivity index (χ0v) is 11.0. The minimum atomic E-state index is -2.98. The molecular formula is C13H15F3O4. The Hall–Kier alpha value is -1.76. The fraction of sp³-hybridized carbons (Fsp3) is 0.462. The van der Waals surface area contributed by atoms with Gasteiger partial charge in [-0.05, 0) is 31.5 Å². The van der Waals surface area contributed by atoms with Crippen molar-refractivity contribution in [3.63, 3.8) is 0 Å². The first-order valence-electron chi connectivity index (χ1n) is 5.87. The molecule has 7 heteroatoms. The molecule has 0 spiro atoms. The number of aliphatic hydroxyl groups is 1. The maximum absolute atomic E-state index is 13.9. The lowest BCUT2D eigenvalue weighted by Gasteiger charge is -2.26. The monoisotopic (exact) mass is 292 g/mol. The van der Waals surface area contributed by atoms with Crippen LogP contribution < -0.4 is 4.74 Å². The van der Waals surface area contributed by atoms with Crippen LogP contribution in [0, 0.1) is 0 Å². The van der Waals surface area contributed by atoms with Gasteiger partial charge in [0.1, 0.15) is 11.4 Å². The first kappa shape index (κ1) is 16.3. The maximum atomic E-state index is 13.9. The van der Waals surface area contributed by atoms with Crippen LogP contribution in [0.3, 0.4) is 0 Å². The highest BCUT2D eigenvalue weighted by Gasteiger charge is 2.40. The highest BCUT2D eigenvalue weighted by Crippen LogP contribution is 2.29. The molecule has 0 aromatic heterocycles. The number of benzene rings is 1. The van der Waals surface area contributed by atoms with Gasteiger partial charge in [0.25, 0.3) is 0 Å². The molecule has 1 aromatic rings. The largest absolute Gasteiger partial charge is 0.464 e. The molecule has 4 nitrogen and oxygen atoms in total. The molecule has 20 heavy (non-hydrogen) atoms. The Balaban J connectivity index is 2.89. The molecule has 1 rings (SSSR count). The van der Waals surface area contributed by atoms with Crippen LogP contribution in [0.5, 0.6) is 5.75 Å². The topological polar surface area (TPSA) is 55.8 Å². The van der Waals surface area contributed by atoms with Crippen molar-refractivity contribution in [1.82, 2.24) is 0 Å². The summed E-state index contributed by atoms with van der Waals surface area (Å²) in [6.07, 6.45) is -2.29. The van der Waals surface area contributed by atoms with Gasteiger partial charge in [0.15, 0.2) is 0 Å². The quantitative estimate of drug-likeness (QED) is 0.818. The third kappa shape index (κ3) is 3.86. The first-order chi connectivity index (χ1) is 9.28. The fourth-order valence-corrected chi connectivity index (χ4v) is 1.57. The third-order valence-electron chi connectivity index (χ3n) is 2.65. The van der Waals surface area contributed by atoms with Crippen LogP contribution in [0.25, 0.3) is 0 Å². The lowest BCUT2D eigenvalue weighted by molar-refractivity contribution is -0.160. The lowest BCUT2D eigenvalue weighted by Crippen LogP contribution is -2.40. The fourth-order valence-electron chi connectivity index (χ4n) is 1.57. The van der Waals surface area contributed by atoms with Crippen LogP contribution in [-0.2, 0) is 15.1 Å². The number of carbonyl (C=O) groups is 1. The average molecular weight is 292 g/mol. The van der Waals surface area contributed by atoms with E-state index < -0.39 is 24.4 Å². The third-order valence-corrected chi connectivity index (χ3v) is 2.65. The number of carbonyl (C=O) groups excluding carboxylic acids is 1. The summed E-state index contributed by atoms with van der Waals surface area (Å²) in [7, 11) is 0. The van der Waals surface area contributed by atoms with E-state index in [1.165, 1.54) is 19.1 Å². The second kappa shape index (κ2) is 6.60. The zero-order valence-electron chi connectivity index (χ0n) is 11.0. The normalized spacial score (nSPS) is 15.6. The molecule has 0 fully saturated rings. The summed E-state index contributed by atoms with van der Waals surface area (Å²) in [5, 5.41) is 10.1. The number of ether oxygens (including phenoxy) is 2. The van der Waals surface area contributed by atoms with Crippen molar-refractivity contribution >= 4 is 5.97 Å². The van der Waals surface area contributed by atoms with Gasteiger partial charge in [0.05, 0.1) is 6.61 Å². The van der Waals surface area contributed by atoms with E-state index in [2.05, 4.69) is 9.47 Å². The van der Waals surface area contributed by atoms with E-state index in [1.807, 2.05) is 0 Å². The smallest absolute Gasteiger partial charge is 0.387 e. The summed E-state index contributed by atoms with van der Waals surface area (Å²) in [6, 6.07) is 4.69. The van der Waals surface area contributed by atoms with E-state index in [0.717, 1.165) is 19.1 Å². The SMILES string of the molecule is CCOC(=O)C(F)C(C)(O)c1ccc(OC(F)F)cc1. The second-order valence-electron chi connectivity index (χ2n) is 4.17. The molecule has 0 amide bonds. The molecule has 0 radical (unpaired) electrons. The Labute approximate surface area is 114 Å². The summed E-state index contributed by atoms with van der Waals surface area (Å²) >= 11 is 0. The van der Waals surface area contributed by atoms with Crippen LogP contribution in [0.4, 0.5) is 13.2 Å². The zero-order chi connectivity index (χ0) is 15.3. The molecule has 1 aromatic carbocycles. The van der Waals surface area contributed by atoms with E-state index in [-0.39, 0.29) is 17.9 Å². The van der Waals surface area contributed by atoms with Gasteiger partial charge < -0.3 is 14.6 Å². The number of hydrogen-bond donors (Lipinski definition) is 1. The number of halogens is 3. The standard InChI is InChI=1S/C13H15F3O4/c1-3-19-11(17)10(14)13(2,18)8-4-6-9(7-5-8)20-12(15)16/h4-7,10,12,18H,3H2,1-2H3. The molecule has 2 atom stereocenters. The molecule has 1 N–H and O–H groups in total. The molecule has 112 valence electrons. The van der Waals surface area contributed by atoms with E-state index in [9.17, 15) is 23.1 Å². The van der Waals surface area contributed by atoms with Crippen molar-refractivity contribution in [3.05, 3.63) is 29.8 Å². The first-order valence-corrected chi connectivity index (χ1v) is 5.87. The van der Waals surface area contributed by atoms with Crippen LogP contribution >= 0.6 is 0 Å². The van der Waals surface area contributed by atoms with Gasteiger partial charge >= 0.3 is 12.6 Å². The molecule has 0 saturated carbocycles. The lowest BCUT2D eigenvalue weighted by atomic mass is 9.91. The van der Waals surface area contributed by atoms with Crippen LogP contribution in [0.2, 0.25) is 0 Å². The number of hydrogen-bond acceptors (Lipinski definition) is 4. The van der Waals surface area contributed by atoms with Crippen molar-refractivity contribution in [3.8, 4) is 5.75 Å². The van der Waals surface area contributed by atoms with Crippen molar-refractivity contribution in [2.24, 2.45) is 0 Å². The summed E-state index contributed by atoms with van der Waals surface area (Å²) < 4.78 is 46.5. The van der Waals surface area contributed by atoms with E-state index in [1.54, 1.807) is 0 Å². The summed E-state index contributed by atoms with van der Waals surface area (Å²) in [5.74, 6) is -1.32. The molecular weight excluding hydrogens is 277 g/mol. The summed E-state index contributed by atoms with van der Waals surface area (Å²) in [4.78, 5) is 11.3. The molecule has 0 aliphatic heterocycles. The number of rotatable bonds is 6. The van der Waals surface area contributed by atoms with Gasteiger partial charge in [-0.1, -0.05) is 12.1 Å². The van der Waals surface area contributed by atoms with E-state index in [0.29, 0.717) is 0 Å². The molecule has 0 saturated heterocycles. The highest BCUT2D eigenvalue weighted by molar-refractivity contribution is 5.76. The Kier molecular flexibility index (Phi) is 5.38. The molecule has 2 unspecified atom stereocenters. The number of alkyl halides is 3. The summed E-state index contributed by atoms with van der Waals surface area (Å²) in [5.41, 5.74) is -2.09. The molecule has 0 aliphatic rings. The Morgan fingerprint density at radius 2 is 1.85 bits per heavy atom. The highest BCUT2D eigenvalue weighted by atomic mass is 19.3. The van der Waals surface area contributed by atoms with Crippen molar-refractivity contribution in [2.45, 2.75) is 32.2 Å². The Bertz CT molecular complexity index is 445. The van der Waals surface area contributed by atoms with Crippen molar-refractivity contribution in [2.75, 3.05) is 6.61 Å². The van der Waals surface area contributed by atoms with Gasteiger partial charge in [-0.25, -0.2) is 9.18 Å². The van der Waals surface area contributed by atoms with Crippen molar-refractivity contribution < 1.29 is 32.5 Å². The van der Waals surface area contributed by atoms with Gasteiger partial charge in [-0.3, -0.25) is 0 Å². The Morgan fingerprint density at radius 3 is 2.30 bits per heavy atom. The average Bonchev–Trinajstić information content (AvgIpc) is 2.38. The number of esters is 1. The van der Waals surface area contributed by atoms with Gasteiger partial charge in [-0.15, -0.1) is 0 Å². The minimum absolute atomic E-state index is 0.0174. The predicted molar refractivity (Wildman–Crippen MR) is 64.2 cm³/mol. The predicted octanol–water partition coefficient (Wildman–Crippen LogP) is 2.40. The van der Waals surface area contributed by atoms with Crippen molar-refractivity contribution in [1.29, 1.82) is 0 Å². The maximum Gasteiger partial charge on any atom is 0.387 e. The molecule has 0 aliphatic carbocycles.